The van der Waals surface area contributed by atoms with Gasteiger partial charge in [-0.2, -0.15) is 0 Å². The highest BCUT2D eigenvalue weighted by molar-refractivity contribution is 6.34. The molecule has 3 aromatic carbocycles. The van der Waals surface area contributed by atoms with Gasteiger partial charge in [0.05, 0.1) is 15.6 Å². The zero-order valence-corrected chi connectivity index (χ0v) is 18.3. The van der Waals surface area contributed by atoms with Gasteiger partial charge >= 0.3 is 0 Å². The maximum absolute atomic E-state index is 12.4. The van der Waals surface area contributed by atoms with Crippen LogP contribution in [0.3, 0.4) is 0 Å². The number of fused-ring (bicyclic) bond motifs is 1. The number of carbonyl (C=O) groups is 1. The van der Waals surface area contributed by atoms with Gasteiger partial charge in [0.15, 0.2) is 5.58 Å². The van der Waals surface area contributed by atoms with Crippen LogP contribution in [0, 0.1) is 10.1 Å². The highest BCUT2D eigenvalue weighted by Crippen LogP contribution is 2.31. The Hall–Kier alpha value is -3.39. The molecule has 0 aliphatic rings. The van der Waals surface area contributed by atoms with Crippen molar-refractivity contribution in [3.05, 3.63) is 91.4 Å². The lowest BCUT2D eigenvalue weighted by Crippen LogP contribution is -2.08. The Morgan fingerprint density at radius 1 is 1.03 bits per heavy atom. The number of aromatic nitrogens is 1. The molecular formula is C22H12Cl3N3O4. The first kappa shape index (κ1) is 21.8. The Balaban J connectivity index is 1.55. The molecule has 0 radical (unpaired) electrons. The third-order valence-electron chi connectivity index (χ3n) is 4.41. The van der Waals surface area contributed by atoms with Gasteiger partial charge in [-0.3, -0.25) is 14.9 Å². The minimum atomic E-state index is -0.592. The van der Waals surface area contributed by atoms with Crippen molar-refractivity contribution in [1.29, 1.82) is 0 Å². The Labute approximate surface area is 196 Å². The third kappa shape index (κ3) is 4.75. The molecule has 0 bridgehead atoms. The molecule has 0 aliphatic heterocycles. The van der Waals surface area contributed by atoms with E-state index in [0.29, 0.717) is 43.9 Å². The standard InChI is InChI=1S/C22H12Cl3N3O4/c23-14-4-7-20-18(11-14)27-22(32-20)13-3-6-15(24)17(10-13)26-21(29)8-2-12-1-5-16(25)19(9-12)28(30)31/h1-11H,(H,26,29)/b8-2+. The van der Waals surface area contributed by atoms with Crippen molar-refractivity contribution < 1.29 is 14.1 Å². The van der Waals surface area contributed by atoms with E-state index in [0.717, 1.165) is 0 Å². The number of anilines is 1. The normalized spacial score (nSPS) is 11.2. The summed E-state index contributed by atoms with van der Waals surface area (Å²) in [5, 5.41) is 14.5. The Morgan fingerprint density at radius 2 is 1.81 bits per heavy atom. The van der Waals surface area contributed by atoms with Crippen molar-refractivity contribution in [3.8, 4) is 11.5 Å². The van der Waals surface area contributed by atoms with Crippen LogP contribution in [0.2, 0.25) is 15.1 Å². The minimum absolute atomic E-state index is 0.0154. The summed E-state index contributed by atoms with van der Waals surface area (Å²) in [4.78, 5) is 27.2. The summed E-state index contributed by atoms with van der Waals surface area (Å²) in [6.45, 7) is 0. The second kappa shape index (κ2) is 9.00. The van der Waals surface area contributed by atoms with Crippen LogP contribution in [0.15, 0.2) is 65.1 Å². The average Bonchev–Trinajstić information content (AvgIpc) is 3.17. The molecule has 0 saturated carbocycles. The van der Waals surface area contributed by atoms with E-state index in [9.17, 15) is 14.9 Å². The van der Waals surface area contributed by atoms with Crippen molar-refractivity contribution in [2.24, 2.45) is 0 Å². The molecule has 0 aliphatic carbocycles. The number of rotatable bonds is 5. The number of halogens is 3. The zero-order valence-electron chi connectivity index (χ0n) is 16.0. The molecular weight excluding hydrogens is 477 g/mol. The number of amides is 1. The molecule has 4 aromatic rings. The Bertz CT molecular complexity index is 1400. The summed E-state index contributed by atoms with van der Waals surface area (Å²) in [7, 11) is 0. The number of nitro benzene ring substituents is 1. The van der Waals surface area contributed by atoms with Gasteiger partial charge in [-0.25, -0.2) is 4.98 Å². The smallest absolute Gasteiger partial charge is 0.288 e. The molecule has 0 fully saturated rings. The predicted molar refractivity (Wildman–Crippen MR) is 125 cm³/mol. The van der Waals surface area contributed by atoms with Crippen molar-refractivity contribution >= 4 is 69.3 Å². The van der Waals surface area contributed by atoms with Gasteiger partial charge < -0.3 is 9.73 Å². The van der Waals surface area contributed by atoms with E-state index in [1.165, 1.54) is 24.3 Å². The molecule has 0 unspecified atom stereocenters. The first-order valence-electron chi connectivity index (χ1n) is 9.09. The first-order valence-corrected chi connectivity index (χ1v) is 10.2. The molecule has 10 heteroatoms. The van der Waals surface area contributed by atoms with E-state index >= 15 is 0 Å². The van der Waals surface area contributed by atoms with Gasteiger partial charge in [-0.05, 0) is 54.1 Å². The summed E-state index contributed by atoms with van der Waals surface area (Å²) in [5.41, 5.74) is 2.33. The van der Waals surface area contributed by atoms with Gasteiger partial charge in [-0.1, -0.05) is 40.9 Å². The number of oxazole rings is 1. The second-order valence-corrected chi connectivity index (χ2v) is 7.87. The number of benzene rings is 3. The molecule has 4 rings (SSSR count). The fourth-order valence-electron chi connectivity index (χ4n) is 2.90. The van der Waals surface area contributed by atoms with E-state index in [1.807, 2.05) is 0 Å². The molecule has 0 atom stereocenters. The molecule has 1 aromatic heterocycles. The van der Waals surface area contributed by atoms with Gasteiger partial charge in [0.1, 0.15) is 10.5 Å². The zero-order chi connectivity index (χ0) is 22.8. The number of hydrogen-bond acceptors (Lipinski definition) is 5. The minimum Gasteiger partial charge on any atom is -0.436 e. The van der Waals surface area contributed by atoms with E-state index in [4.69, 9.17) is 39.2 Å². The summed E-state index contributed by atoms with van der Waals surface area (Å²) < 4.78 is 5.75. The van der Waals surface area contributed by atoms with Crippen LogP contribution in [-0.4, -0.2) is 15.8 Å². The summed E-state index contributed by atoms with van der Waals surface area (Å²) in [6, 6.07) is 14.3. The lowest BCUT2D eigenvalue weighted by molar-refractivity contribution is -0.384. The lowest BCUT2D eigenvalue weighted by Gasteiger charge is -2.06. The van der Waals surface area contributed by atoms with Crippen LogP contribution in [0.5, 0.6) is 0 Å². The number of nitrogens with zero attached hydrogens (tertiary/aromatic N) is 2. The monoisotopic (exact) mass is 487 g/mol. The van der Waals surface area contributed by atoms with E-state index in [-0.39, 0.29) is 10.7 Å². The fraction of sp³-hybridized carbons (Fsp3) is 0. The molecule has 7 nitrogen and oxygen atoms in total. The predicted octanol–water partition coefficient (Wildman–Crippen LogP) is 7.02. The SMILES string of the molecule is O=C(/C=C/c1ccc(Cl)c([N+](=O)[O-])c1)Nc1cc(-c2nc3cc(Cl)ccc3o2)ccc1Cl. The van der Waals surface area contributed by atoms with Gasteiger partial charge in [0.2, 0.25) is 11.8 Å². The number of nitrogens with one attached hydrogen (secondary N) is 1. The third-order valence-corrected chi connectivity index (χ3v) is 5.30. The highest BCUT2D eigenvalue weighted by atomic mass is 35.5. The van der Waals surface area contributed by atoms with Crippen molar-refractivity contribution in [1.82, 2.24) is 4.98 Å². The van der Waals surface area contributed by atoms with Crippen molar-refractivity contribution in [2.45, 2.75) is 0 Å². The van der Waals surface area contributed by atoms with Gasteiger partial charge in [0, 0.05) is 22.7 Å². The lowest BCUT2D eigenvalue weighted by atomic mass is 10.1. The molecule has 0 spiro atoms. The molecule has 160 valence electrons. The van der Waals surface area contributed by atoms with Crippen LogP contribution >= 0.6 is 34.8 Å². The molecule has 1 heterocycles. The van der Waals surface area contributed by atoms with Gasteiger partial charge in [0.25, 0.3) is 5.69 Å². The van der Waals surface area contributed by atoms with Gasteiger partial charge in [-0.15, -0.1) is 0 Å². The molecule has 0 saturated heterocycles. The van der Waals surface area contributed by atoms with E-state index < -0.39 is 10.8 Å². The average molecular weight is 489 g/mol. The Morgan fingerprint density at radius 3 is 2.59 bits per heavy atom. The van der Waals surface area contributed by atoms with Crippen LogP contribution in [0.4, 0.5) is 11.4 Å². The summed E-state index contributed by atoms with van der Waals surface area (Å²) in [6.07, 6.45) is 2.67. The first-order chi connectivity index (χ1) is 15.3. The van der Waals surface area contributed by atoms with Crippen LogP contribution in [0.25, 0.3) is 28.6 Å². The maximum Gasteiger partial charge on any atom is 0.288 e. The summed E-state index contributed by atoms with van der Waals surface area (Å²) in [5.74, 6) is -0.135. The maximum atomic E-state index is 12.4. The molecule has 1 amide bonds. The second-order valence-electron chi connectivity index (χ2n) is 6.62. The number of nitro groups is 1. The van der Waals surface area contributed by atoms with Crippen LogP contribution in [0.1, 0.15) is 5.56 Å². The topological polar surface area (TPSA) is 98.3 Å². The fourth-order valence-corrected chi connectivity index (χ4v) is 3.42. The highest BCUT2D eigenvalue weighted by Gasteiger charge is 2.13. The largest absolute Gasteiger partial charge is 0.436 e. The quantitative estimate of drug-likeness (QED) is 0.185. The number of carbonyl (C=O) groups excluding carboxylic acids is 1. The van der Waals surface area contributed by atoms with Crippen LogP contribution < -0.4 is 5.32 Å². The van der Waals surface area contributed by atoms with Crippen LogP contribution in [-0.2, 0) is 4.79 Å². The van der Waals surface area contributed by atoms with Crippen molar-refractivity contribution in [3.63, 3.8) is 0 Å². The molecule has 1 N–H and O–H groups in total. The van der Waals surface area contributed by atoms with Crippen molar-refractivity contribution in [2.75, 3.05) is 5.32 Å². The van der Waals surface area contributed by atoms with E-state index in [1.54, 1.807) is 42.5 Å². The Kier molecular flexibility index (Phi) is 6.14. The number of hydrogen-bond donors (Lipinski definition) is 1. The van der Waals surface area contributed by atoms with E-state index in [2.05, 4.69) is 10.3 Å². The summed E-state index contributed by atoms with van der Waals surface area (Å²) >= 11 is 18.0. The molecule has 32 heavy (non-hydrogen) atoms.